The van der Waals surface area contributed by atoms with Crippen LogP contribution >= 0.6 is 15.9 Å². The Balaban J connectivity index is 1.53. The Bertz CT molecular complexity index is 983. The SMILES string of the molecule is O=c1[nH]c(CN2C[C@H]3CNC[C@H]3C2)nc2c1oc1ccc(Br)cc12. The number of nitrogens with zero attached hydrogens (tertiary/aromatic N) is 2. The zero-order valence-electron chi connectivity index (χ0n) is 13.0. The molecule has 1 aromatic carbocycles. The average molecular weight is 389 g/mol. The van der Waals surface area contributed by atoms with E-state index in [4.69, 9.17) is 9.40 Å². The highest BCUT2D eigenvalue weighted by atomic mass is 79.9. The van der Waals surface area contributed by atoms with Crippen molar-refractivity contribution in [2.24, 2.45) is 11.8 Å². The summed E-state index contributed by atoms with van der Waals surface area (Å²) in [6.45, 7) is 5.02. The van der Waals surface area contributed by atoms with Gasteiger partial charge in [-0.3, -0.25) is 9.69 Å². The molecule has 5 rings (SSSR count). The predicted octanol–water partition coefficient (Wildman–Crippen LogP) is 2.08. The highest BCUT2D eigenvalue weighted by molar-refractivity contribution is 9.10. The Kier molecular flexibility index (Phi) is 3.29. The summed E-state index contributed by atoms with van der Waals surface area (Å²) < 4.78 is 6.62. The summed E-state index contributed by atoms with van der Waals surface area (Å²) in [5.74, 6) is 2.17. The van der Waals surface area contributed by atoms with E-state index in [1.807, 2.05) is 18.2 Å². The number of halogens is 1. The molecule has 0 radical (unpaired) electrons. The van der Waals surface area contributed by atoms with E-state index in [0.717, 1.165) is 47.9 Å². The van der Waals surface area contributed by atoms with Crippen LogP contribution in [0.3, 0.4) is 0 Å². The molecule has 0 spiro atoms. The summed E-state index contributed by atoms with van der Waals surface area (Å²) in [6.07, 6.45) is 0. The van der Waals surface area contributed by atoms with Crippen molar-refractivity contribution >= 4 is 38.0 Å². The standard InChI is InChI=1S/C17H17BrN4O2/c18-11-1-2-13-12(3-11)15-16(24-13)17(23)21-14(20-15)8-22-6-9-4-19-5-10(9)7-22/h1-3,9-10,19H,4-8H2,(H,20,21,23)/t9-,10+. The minimum atomic E-state index is -0.205. The number of aromatic nitrogens is 2. The number of aromatic amines is 1. The maximum absolute atomic E-state index is 12.4. The third-order valence-electron chi connectivity index (χ3n) is 5.17. The van der Waals surface area contributed by atoms with Crippen LogP contribution in [-0.4, -0.2) is 41.0 Å². The van der Waals surface area contributed by atoms with Gasteiger partial charge in [0.25, 0.3) is 5.56 Å². The van der Waals surface area contributed by atoms with E-state index in [9.17, 15) is 4.79 Å². The number of hydrogen-bond donors (Lipinski definition) is 2. The first-order chi connectivity index (χ1) is 11.7. The van der Waals surface area contributed by atoms with E-state index in [1.54, 1.807) is 0 Å². The summed E-state index contributed by atoms with van der Waals surface area (Å²) >= 11 is 3.47. The highest BCUT2D eigenvalue weighted by Gasteiger charge is 2.36. The predicted molar refractivity (Wildman–Crippen MR) is 95.0 cm³/mol. The van der Waals surface area contributed by atoms with Crippen molar-refractivity contribution in [3.05, 3.63) is 38.9 Å². The minimum absolute atomic E-state index is 0.205. The van der Waals surface area contributed by atoms with Crippen LogP contribution in [0.5, 0.6) is 0 Å². The molecule has 6 nitrogen and oxygen atoms in total. The minimum Gasteiger partial charge on any atom is -0.449 e. The van der Waals surface area contributed by atoms with Crippen molar-refractivity contribution in [3.63, 3.8) is 0 Å². The van der Waals surface area contributed by atoms with Gasteiger partial charge in [0.1, 0.15) is 16.9 Å². The summed E-state index contributed by atoms with van der Waals surface area (Å²) in [4.78, 5) is 22.4. The van der Waals surface area contributed by atoms with Crippen LogP contribution in [0, 0.1) is 11.8 Å². The lowest BCUT2D eigenvalue weighted by molar-refractivity contribution is 0.298. The molecule has 0 saturated carbocycles. The Hall–Kier alpha value is -1.70. The molecule has 0 aliphatic carbocycles. The van der Waals surface area contributed by atoms with Crippen LogP contribution in [0.4, 0.5) is 0 Å². The van der Waals surface area contributed by atoms with Gasteiger partial charge in [0.2, 0.25) is 5.58 Å². The van der Waals surface area contributed by atoms with Crippen molar-refractivity contribution in [1.82, 2.24) is 20.2 Å². The zero-order valence-corrected chi connectivity index (χ0v) is 14.6. The Morgan fingerprint density at radius 2 is 2.08 bits per heavy atom. The van der Waals surface area contributed by atoms with Gasteiger partial charge in [0.15, 0.2) is 0 Å². The largest absolute Gasteiger partial charge is 0.449 e. The van der Waals surface area contributed by atoms with Crippen molar-refractivity contribution in [3.8, 4) is 0 Å². The third-order valence-corrected chi connectivity index (χ3v) is 5.67. The van der Waals surface area contributed by atoms with Crippen LogP contribution in [0.15, 0.2) is 31.9 Å². The van der Waals surface area contributed by atoms with Gasteiger partial charge >= 0.3 is 0 Å². The first-order valence-corrected chi connectivity index (χ1v) is 9.01. The molecule has 2 aromatic heterocycles. The molecular formula is C17H17BrN4O2. The molecule has 2 saturated heterocycles. The van der Waals surface area contributed by atoms with E-state index >= 15 is 0 Å². The lowest BCUT2D eigenvalue weighted by Crippen LogP contribution is -2.27. The molecule has 0 amide bonds. The van der Waals surface area contributed by atoms with Gasteiger partial charge in [0, 0.05) is 22.9 Å². The van der Waals surface area contributed by atoms with Crippen LogP contribution in [0.25, 0.3) is 22.1 Å². The zero-order chi connectivity index (χ0) is 16.3. The summed E-state index contributed by atoms with van der Waals surface area (Å²) in [5, 5.41) is 4.32. The van der Waals surface area contributed by atoms with Gasteiger partial charge in [0.05, 0.1) is 6.54 Å². The van der Waals surface area contributed by atoms with Crippen LogP contribution in [0.1, 0.15) is 5.82 Å². The van der Waals surface area contributed by atoms with E-state index in [0.29, 0.717) is 29.1 Å². The van der Waals surface area contributed by atoms with Gasteiger partial charge in [-0.05, 0) is 43.1 Å². The molecule has 0 unspecified atom stereocenters. The maximum atomic E-state index is 12.4. The number of benzene rings is 1. The normalized spacial score (nSPS) is 24.2. The van der Waals surface area contributed by atoms with E-state index < -0.39 is 0 Å². The van der Waals surface area contributed by atoms with Crippen molar-refractivity contribution in [2.45, 2.75) is 6.54 Å². The number of nitrogens with one attached hydrogen (secondary N) is 2. The monoisotopic (exact) mass is 388 g/mol. The topological polar surface area (TPSA) is 74.2 Å². The van der Waals surface area contributed by atoms with Gasteiger partial charge in [-0.1, -0.05) is 15.9 Å². The second-order valence-electron chi connectivity index (χ2n) is 6.81. The number of H-pyrrole nitrogens is 1. The summed E-state index contributed by atoms with van der Waals surface area (Å²) in [5.41, 5.74) is 1.42. The van der Waals surface area contributed by atoms with E-state index in [1.165, 1.54) is 0 Å². The number of fused-ring (bicyclic) bond motifs is 4. The lowest BCUT2D eigenvalue weighted by atomic mass is 10.0. The molecule has 2 N–H and O–H groups in total. The quantitative estimate of drug-likeness (QED) is 0.702. The van der Waals surface area contributed by atoms with Gasteiger partial charge in [-0.25, -0.2) is 4.98 Å². The molecule has 2 fully saturated rings. The average Bonchev–Trinajstić information content (AvgIpc) is 3.21. The molecule has 2 aliphatic rings. The third kappa shape index (κ3) is 2.30. The lowest BCUT2D eigenvalue weighted by Gasteiger charge is -2.15. The van der Waals surface area contributed by atoms with Gasteiger partial charge in [-0.15, -0.1) is 0 Å². The smallest absolute Gasteiger partial charge is 0.294 e. The molecular weight excluding hydrogens is 372 g/mol. The number of rotatable bonds is 2. The maximum Gasteiger partial charge on any atom is 0.294 e. The Labute approximate surface area is 146 Å². The van der Waals surface area contributed by atoms with E-state index in [-0.39, 0.29) is 5.56 Å². The fraction of sp³-hybridized carbons (Fsp3) is 0.412. The fourth-order valence-electron chi connectivity index (χ4n) is 4.04. The summed E-state index contributed by atoms with van der Waals surface area (Å²) in [6, 6.07) is 5.70. The van der Waals surface area contributed by atoms with Crippen LogP contribution < -0.4 is 10.9 Å². The first kappa shape index (κ1) is 14.6. The van der Waals surface area contributed by atoms with Gasteiger partial charge < -0.3 is 14.7 Å². The first-order valence-electron chi connectivity index (χ1n) is 8.21. The molecule has 7 heteroatoms. The van der Waals surface area contributed by atoms with Crippen molar-refractivity contribution < 1.29 is 4.42 Å². The van der Waals surface area contributed by atoms with Crippen molar-refractivity contribution in [2.75, 3.05) is 26.2 Å². The molecule has 2 aliphatic heterocycles. The number of furan rings is 1. The second kappa shape index (κ2) is 5.40. The Morgan fingerprint density at radius 3 is 2.88 bits per heavy atom. The molecule has 124 valence electrons. The van der Waals surface area contributed by atoms with Crippen LogP contribution in [0.2, 0.25) is 0 Å². The molecule has 4 heterocycles. The van der Waals surface area contributed by atoms with Crippen LogP contribution in [-0.2, 0) is 6.54 Å². The number of likely N-dealkylation sites (tertiary alicyclic amines) is 1. The molecule has 2 atom stereocenters. The summed E-state index contributed by atoms with van der Waals surface area (Å²) in [7, 11) is 0. The number of hydrogen-bond acceptors (Lipinski definition) is 5. The molecule has 0 bridgehead atoms. The Morgan fingerprint density at radius 1 is 1.29 bits per heavy atom. The molecule has 3 aromatic rings. The molecule has 24 heavy (non-hydrogen) atoms. The van der Waals surface area contributed by atoms with Crippen molar-refractivity contribution in [1.29, 1.82) is 0 Å². The van der Waals surface area contributed by atoms with E-state index in [2.05, 4.69) is 31.1 Å². The second-order valence-corrected chi connectivity index (χ2v) is 7.72. The van der Waals surface area contributed by atoms with Gasteiger partial charge in [-0.2, -0.15) is 0 Å². The fourth-order valence-corrected chi connectivity index (χ4v) is 4.40. The highest BCUT2D eigenvalue weighted by Crippen LogP contribution is 2.29.